The van der Waals surface area contributed by atoms with Crippen molar-refractivity contribution in [1.29, 1.82) is 0 Å². The summed E-state index contributed by atoms with van der Waals surface area (Å²) in [4.78, 5) is 21.1. The SMILES string of the molecule is Cc1nc(N2C[C@H](C)[C@@H]2C)sc1Cc1ccc(-n2ncn(Cc3c(F)cccc3F)c2=O)cc1. The van der Waals surface area contributed by atoms with E-state index in [1.54, 1.807) is 11.3 Å². The van der Waals surface area contributed by atoms with Crippen molar-refractivity contribution in [2.45, 2.75) is 39.8 Å². The topological polar surface area (TPSA) is 56.0 Å². The minimum atomic E-state index is -0.691. The molecule has 1 fully saturated rings. The van der Waals surface area contributed by atoms with Gasteiger partial charge in [0, 0.05) is 29.4 Å². The highest BCUT2D eigenvalue weighted by Crippen LogP contribution is 2.35. The van der Waals surface area contributed by atoms with Gasteiger partial charge in [-0.15, -0.1) is 11.3 Å². The molecule has 2 aromatic heterocycles. The van der Waals surface area contributed by atoms with E-state index in [-0.39, 0.29) is 12.1 Å². The summed E-state index contributed by atoms with van der Waals surface area (Å²) in [5, 5.41) is 5.21. The predicted molar refractivity (Wildman–Crippen MR) is 129 cm³/mol. The number of thiazole rings is 1. The third-order valence-electron chi connectivity index (χ3n) is 6.60. The first-order valence-electron chi connectivity index (χ1n) is 11.2. The summed E-state index contributed by atoms with van der Waals surface area (Å²) >= 11 is 1.74. The third-order valence-corrected chi connectivity index (χ3v) is 7.79. The summed E-state index contributed by atoms with van der Waals surface area (Å²) in [6.07, 6.45) is 2.05. The summed E-state index contributed by atoms with van der Waals surface area (Å²) in [6.45, 7) is 7.36. The Kier molecular flexibility index (Phi) is 5.81. The normalized spacial score (nSPS) is 17.7. The predicted octanol–water partition coefficient (Wildman–Crippen LogP) is 4.56. The van der Waals surface area contributed by atoms with Gasteiger partial charge in [-0.3, -0.25) is 4.57 Å². The zero-order chi connectivity index (χ0) is 24.0. The van der Waals surface area contributed by atoms with Gasteiger partial charge in [0.05, 0.1) is 17.9 Å². The van der Waals surface area contributed by atoms with E-state index >= 15 is 0 Å². The van der Waals surface area contributed by atoms with Crippen LogP contribution in [0.2, 0.25) is 0 Å². The molecule has 0 saturated carbocycles. The van der Waals surface area contributed by atoms with Gasteiger partial charge >= 0.3 is 5.69 Å². The molecule has 1 saturated heterocycles. The molecule has 2 atom stereocenters. The lowest BCUT2D eigenvalue weighted by Crippen LogP contribution is -2.53. The Morgan fingerprint density at radius 2 is 1.79 bits per heavy atom. The number of hydrogen-bond donors (Lipinski definition) is 0. The van der Waals surface area contributed by atoms with E-state index in [0.717, 1.165) is 29.4 Å². The molecule has 3 heterocycles. The van der Waals surface area contributed by atoms with Crippen molar-refractivity contribution in [2.24, 2.45) is 5.92 Å². The second-order valence-corrected chi connectivity index (χ2v) is 9.93. The molecule has 1 aliphatic heterocycles. The van der Waals surface area contributed by atoms with Crippen molar-refractivity contribution < 1.29 is 8.78 Å². The lowest BCUT2D eigenvalue weighted by molar-refractivity contribution is 0.339. The average molecular weight is 482 g/mol. The molecule has 9 heteroatoms. The van der Waals surface area contributed by atoms with Crippen molar-refractivity contribution in [3.05, 3.63) is 92.6 Å². The molecular formula is C25H25F2N5OS. The molecule has 0 unspecified atom stereocenters. The van der Waals surface area contributed by atoms with Crippen LogP contribution in [0.1, 0.15) is 35.5 Å². The molecule has 0 aliphatic carbocycles. The van der Waals surface area contributed by atoms with E-state index in [1.165, 1.54) is 38.7 Å². The number of aryl methyl sites for hydroxylation is 1. The van der Waals surface area contributed by atoms with Gasteiger partial charge < -0.3 is 4.90 Å². The maximum atomic E-state index is 14.0. The van der Waals surface area contributed by atoms with Crippen LogP contribution in [-0.2, 0) is 13.0 Å². The number of nitrogens with zero attached hydrogens (tertiary/aromatic N) is 5. The Bertz CT molecular complexity index is 1370. The monoisotopic (exact) mass is 481 g/mol. The molecule has 4 aromatic rings. The number of hydrogen-bond acceptors (Lipinski definition) is 5. The van der Waals surface area contributed by atoms with Crippen molar-refractivity contribution in [3.63, 3.8) is 0 Å². The zero-order valence-electron chi connectivity index (χ0n) is 19.2. The van der Waals surface area contributed by atoms with Crippen LogP contribution in [0.15, 0.2) is 53.6 Å². The second-order valence-electron chi connectivity index (χ2n) is 8.87. The lowest BCUT2D eigenvalue weighted by Gasteiger charge is -2.44. The van der Waals surface area contributed by atoms with Gasteiger partial charge in [-0.25, -0.2) is 18.6 Å². The Morgan fingerprint density at radius 3 is 2.44 bits per heavy atom. The quantitative estimate of drug-likeness (QED) is 0.405. The minimum Gasteiger partial charge on any atom is -0.345 e. The average Bonchev–Trinajstić information content (AvgIpc) is 3.36. The second kappa shape index (κ2) is 8.79. The largest absolute Gasteiger partial charge is 0.350 e. The Morgan fingerprint density at radius 1 is 1.09 bits per heavy atom. The van der Waals surface area contributed by atoms with E-state index in [9.17, 15) is 13.6 Å². The van der Waals surface area contributed by atoms with Crippen molar-refractivity contribution in [1.82, 2.24) is 19.3 Å². The molecule has 176 valence electrons. The molecule has 2 aromatic carbocycles. The number of rotatable bonds is 6. The first-order chi connectivity index (χ1) is 16.3. The van der Waals surface area contributed by atoms with Crippen LogP contribution in [-0.4, -0.2) is 31.9 Å². The van der Waals surface area contributed by atoms with Gasteiger partial charge in [0.25, 0.3) is 0 Å². The van der Waals surface area contributed by atoms with Crippen LogP contribution >= 0.6 is 11.3 Å². The molecule has 0 spiro atoms. The van der Waals surface area contributed by atoms with Crippen molar-refractivity contribution in [3.8, 4) is 5.69 Å². The van der Waals surface area contributed by atoms with Crippen LogP contribution in [0.25, 0.3) is 5.69 Å². The van der Waals surface area contributed by atoms with Crippen LogP contribution < -0.4 is 10.6 Å². The Hall–Kier alpha value is -3.33. The molecular weight excluding hydrogens is 456 g/mol. The van der Waals surface area contributed by atoms with E-state index in [0.29, 0.717) is 17.6 Å². The molecule has 0 bridgehead atoms. The van der Waals surface area contributed by atoms with Gasteiger partial charge in [0.1, 0.15) is 18.0 Å². The van der Waals surface area contributed by atoms with Crippen LogP contribution in [0.3, 0.4) is 0 Å². The molecule has 0 amide bonds. The van der Waals surface area contributed by atoms with E-state index in [4.69, 9.17) is 4.98 Å². The number of aromatic nitrogens is 4. The van der Waals surface area contributed by atoms with E-state index in [1.807, 2.05) is 31.2 Å². The Labute approximate surface area is 200 Å². The van der Waals surface area contributed by atoms with Gasteiger partial charge in [0.15, 0.2) is 5.13 Å². The van der Waals surface area contributed by atoms with Gasteiger partial charge in [-0.2, -0.15) is 9.78 Å². The highest BCUT2D eigenvalue weighted by Gasteiger charge is 2.34. The van der Waals surface area contributed by atoms with Crippen LogP contribution in [0.5, 0.6) is 0 Å². The highest BCUT2D eigenvalue weighted by atomic mass is 32.1. The van der Waals surface area contributed by atoms with Gasteiger partial charge in [-0.05, 0) is 49.6 Å². The summed E-state index contributed by atoms with van der Waals surface area (Å²) in [5.41, 5.74) is 2.11. The first-order valence-corrected chi connectivity index (χ1v) is 12.0. The zero-order valence-corrected chi connectivity index (χ0v) is 20.0. The fraction of sp³-hybridized carbons (Fsp3) is 0.320. The summed E-state index contributed by atoms with van der Waals surface area (Å²) in [7, 11) is 0. The van der Waals surface area contributed by atoms with Crippen molar-refractivity contribution >= 4 is 16.5 Å². The lowest BCUT2D eigenvalue weighted by atomic mass is 9.93. The summed E-state index contributed by atoms with van der Waals surface area (Å²) in [6, 6.07) is 11.7. The summed E-state index contributed by atoms with van der Waals surface area (Å²) < 4.78 is 30.3. The fourth-order valence-corrected chi connectivity index (χ4v) is 5.36. The van der Waals surface area contributed by atoms with Crippen LogP contribution in [0.4, 0.5) is 13.9 Å². The molecule has 0 radical (unpaired) electrons. The molecule has 0 N–H and O–H groups in total. The molecule has 1 aliphatic rings. The van der Waals surface area contributed by atoms with Gasteiger partial charge in [0.2, 0.25) is 0 Å². The fourth-order valence-electron chi connectivity index (χ4n) is 4.16. The maximum Gasteiger partial charge on any atom is 0.350 e. The van der Waals surface area contributed by atoms with E-state index < -0.39 is 17.3 Å². The molecule has 34 heavy (non-hydrogen) atoms. The van der Waals surface area contributed by atoms with Crippen LogP contribution in [0, 0.1) is 24.5 Å². The smallest absolute Gasteiger partial charge is 0.345 e. The minimum absolute atomic E-state index is 0.166. The van der Waals surface area contributed by atoms with Gasteiger partial charge in [-0.1, -0.05) is 25.1 Å². The number of benzene rings is 2. The van der Waals surface area contributed by atoms with E-state index in [2.05, 4.69) is 23.8 Å². The third kappa shape index (κ3) is 4.04. The van der Waals surface area contributed by atoms with Crippen molar-refractivity contribution in [2.75, 3.05) is 11.4 Å². The number of halogens is 2. The maximum absolute atomic E-state index is 14.0. The number of anilines is 1. The molecule has 6 nitrogen and oxygen atoms in total. The standard InChI is InChI=1S/C25H25F2N5OS/c1-15-12-31(17(15)3)24-29-16(2)23(34-24)11-18-7-9-19(10-8-18)32-25(33)30(14-28-32)13-20-21(26)5-4-6-22(20)27/h4-10,14-15,17H,11-13H2,1-3H3/t15-,17-/m0/s1. The first kappa shape index (κ1) is 22.5. The highest BCUT2D eigenvalue weighted by molar-refractivity contribution is 7.15. The molecule has 5 rings (SSSR count). The Balaban J connectivity index is 1.32. The summed E-state index contributed by atoms with van der Waals surface area (Å²) in [5.74, 6) is -0.690.